The second-order valence-electron chi connectivity index (χ2n) is 5.12. The van der Waals surface area contributed by atoms with Crippen LogP contribution in [0.3, 0.4) is 0 Å². The number of carboxylic acid groups (broad SMARTS) is 1. The van der Waals surface area contributed by atoms with Crippen LogP contribution in [0.15, 0.2) is 41.8 Å². The van der Waals surface area contributed by atoms with E-state index in [0.717, 1.165) is 16.2 Å². The molecule has 0 aliphatic carbocycles. The number of aliphatic carboxylic acids is 1. The zero-order chi connectivity index (χ0) is 15.2. The molecule has 0 bridgehead atoms. The third-order valence-electron chi connectivity index (χ3n) is 2.77. The molecule has 4 heteroatoms. The molecule has 0 amide bonds. The van der Waals surface area contributed by atoms with Crippen molar-refractivity contribution in [2.75, 3.05) is 6.61 Å². The second-order valence-corrected chi connectivity index (χ2v) is 6.07. The first-order valence-electron chi connectivity index (χ1n) is 6.78. The molecule has 1 heterocycles. The van der Waals surface area contributed by atoms with Gasteiger partial charge in [-0.05, 0) is 41.1 Å². The summed E-state index contributed by atoms with van der Waals surface area (Å²) in [7, 11) is 0. The van der Waals surface area contributed by atoms with Crippen LogP contribution in [0, 0.1) is 5.92 Å². The molecule has 3 nitrogen and oxygen atoms in total. The molecular formula is C17H18O3S. The third-order valence-corrected chi connectivity index (χ3v) is 3.67. The van der Waals surface area contributed by atoms with Crippen LogP contribution in [-0.4, -0.2) is 17.7 Å². The molecule has 0 unspecified atom stereocenters. The Morgan fingerprint density at radius 1 is 1.33 bits per heavy atom. The van der Waals surface area contributed by atoms with Crippen molar-refractivity contribution in [3.8, 4) is 5.75 Å². The van der Waals surface area contributed by atoms with E-state index in [0.29, 0.717) is 18.1 Å². The summed E-state index contributed by atoms with van der Waals surface area (Å²) in [6.07, 6.45) is 1.68. The first-order chi connectivity index (χ1) is 10.1. The van der Waals surface area contributed by atoms with Gasteiger partial charge in [-0.1, -0.05) is 32.0 Å². The van der Waals surface area contributed by atoms with Gasteiger partial charge in [0.25, 0.3) is 0 Å². The quantitative estimate of drug-likeness (QED) is 0.804. The van der Waals surface area contributed by atoms with Gasteiger partial charge in [-0.15, -0.1) is 11.3 Å². The zero-order valence-corrected chi connectivity index (χ0v) is 12.9. The summed E-state index contributed by atoms with van der Waals surface area (Å²) < 4.78 is 5.67. The fourth-order valence-electron chi connectivity index (χ4n) is 1.79. The van der Waals surface area contributed by atoms with E-state index in [1.165, 1.54) is 11.3 Å². The van der Waals surface area contributed by atoms with E-state index in [9.17, 15) is 9.90 Å². The number of carbonyl (C=O) groups is 1. The summed E-state index contributed by atoms with van der Waals surface area (Å²) in [6.45, 7) is 4.82. The highest BCUT2D eigenvalue weighted by Gasteiger charge is 2.11. The lowest BCUT2D eigenvalue weighted by Gasteiger charge is -2.09. The van der Waals surface area contributed by atoms with Crippen molar-refractivity contribution < 1.29 is 14.6 Å². The van der Waals surface area contributed by atoms with Crippen LogP contribution in [-0.2, 0) is 4.79 Å². The number of hydrogen-bond donors (Lipinski definition) is 1. The van der Waals surface area contributed by atoms with Crippen LogP contribution in [0.25, 0.3) is 11.6 Å². The molecule has 0 atom stereocenters. The number of benzene rings is 1. The average molecular weight is 302 g/mol. The number of hydrogen-bond acceptors (Lipinski definition) is 3. The second kappa shape index (κ2) is 7.09. The number of carboxylic acids is 1. The first kappa shape index (κ1) is 15.3. The third kappa shape index (κ3) is 4.46. The van der Waals surface area contributed by atoms with Crippen LogP contribution in [0.2, 0.25) is 0 Å². The highest BCUT2D eigenvalue weighted by molar-refractivity contribution is 7.11. The van der Waals surface area contributed by atoms with Crippen LogP contribution in [0.5, 0.6) is 5.75 Å². The van der Waals surface area contributed by atoms with Gasteiger partial charge in [0.05, 0.1) is 12.2 Å². The van der Waals surface area contributed by atoms with Crippen molar-refractivity contribution in [1.29, 1.82) is 0 Å². The predicted octanol–water partition coefficient (Wildman–Crippen LogP) is 4.41. The molecule has 1 aromatic carbocycles. The molecule has 0 saturated carbocycles. The fourth-order valence-corrected chi connectivity index (χ4v) is 2.53. The topological polar surface area (TPSA) is 46.5 Å². The smallest absolute Gasteiger partial charge is 0.337 e. The van der Waals surface area contributed by atoms with Crippen molar-refractivity contribution in [3.05, 3.63) is 52.2 Å². The normalized spacial score (nSPS) is 11.7. The van der Waals surface area contributed by atoms with E-state index in [-0.39, 0.29) is 0 Å². The van der Waals surface area contributed by atoms with Crippen molar-refractivity contribution in [3.63, 3.8) is 0 Å². The average Bonchev–Trinajstić information content (AvgIpc) is 2.96. The van der Waals surface area contributed by atoms with Crippen molar-refractivity contribution >= 4 is 29.0 Å². The van der Waals surface area contributed by atoms with Crippen LogP contribution < -0.4 is 4.74 Å². The Morgan fingerprint density at radius 3 is 2.76 bits per heavy atom. The lowest BCUT2D eigenvalue weighted by molar-refractivity contribution is -0.130. The maximum Gasteiger partial charge on any atom is 0.337 e. The summed E-state index contributed by atoms with van der Waals surface area (Å²) in [4.78, 5) is 12.2. The minimum atomic E-state index is -0.925. The molecule has 21 heavy (non-hydrogen) atoms. The van der Waals surface area contributed by atoms with Crippen molar-refractivity contribution in [1.82, 2.24) is 0 Å². The molecule has 2 aromatic rings. The van der Waals surface area contributed by atoms with Crippen molar-refractivity contribution in [2.45, 2.75) is 13.8 Å². The summed E-state index contributed by atoms with van der Waals surface area (Å²) >= 11 is 1.42. The molecule has 0 radical (unpaired) electrons. The van der Waals surface area contributed by atoms with E-state index >= 15 is 0 Å². The van der Waals surface area contributed by atoms with Crippen LogP contribution >= 0.6 is 11.3 Å². The van der Waals surface area contributed by atoms with E-state index in [4.69, 9.17) is 4.74 Å². The SMILES string of the molecule is CC(C)COc1cccc(/C=C(\C(=O)O)c2cccs2)c1. The Labute approximate surface area is 128 Å². The Hall–Kier alpha value is -2.07. The van der Waals surface area contributed by atoms with Crippen LogP contribution in [0.1, 0.15) is 24.3 Å². The van der Waals surface area contributed by atoms with Gasteiger partial charge < -0.3 is 9.84 Å². The first-order valence-corrected chi connectivity index (χ1v) is 7.66. The fraction of sp³-hybridized carbons (Fsp3) is 0.235. The van der Waals surface area contributed by atoms with Gasteiger partial charge in [0.2, 0.25) is 0 Å². The number of rotatable bonds is 6. The lowest BCUT2D eigenvalue weighted by atomic mass is 10.1. The maximum atomic E-state index is 11.4. The molecular weight excluding hydrogens is 284 g/mol. The number of ether oxygens (including phenoxy) is 1. The lowest BCUT2D eigenvalue weighted by Crippen LogP contribution is -2.04. The molecule has 0 aliphatic heterocycles. The van der Waals surface area contributed by atoms with Gasteiger partial charge in [0.1, 0.15) is 5.75 Å². The highest BCUT2D eigenvalue weighted by Crippen LogP contribution is 2.24. The summed E-state index contributed by atoms with van der Waals surface area (Å²) in [5.74, 6) is 0.282. The van der Waals surface area contributed by atoms with Gasteiger partial charge in [-0.2, -0.15) is 0 Å². The molecule has 1 N–H and O–H groups in total. The van der Waals surface area contributed by atoms with E-state index in [1.807, 2.05) is 41.8 Å². The monoisotopic (exact) mass is 302 g/mol. The highest BCUT2D eigenvalue weighted by atomic mass is 32.1. The summed E-state index contributed by atoms with van der Waals surface area (Å²) in [5.41, 5.74) is 1.12. The largest absolute Gasteiger partial charge is 0.493 e. The molecule has 2 rings (SSSR count). The molecule has 0 aliphatic rings. The molecule has 0 spiro atoms. The molecule has 0 saturated heterocycles. The van der Waals surface area contributed by atoms with Crippen LogP contribution in [0.4, 0.5) is 0 Å². The summed E-state index contributed by atoms with van der Waals surface area (Å²) in [6, 6.07) is 11.1. The Balaban J connectivity index is 2.26. The molecule has 0 fully saturated rings. The Bertz CT molecular complexity index is 627. The summed E-state index contributed by atoms with van der Waals surface area (Å²) in [5, 5.41) is 11.2. The maximum absolute atomic E-state index is 11.4. The Morgan fingerprint density at radius 2 is 2.14 bits per heavy atom. The molecule has 1 aromatic heterocycles. The standard InChI is InChI=1S/C17H18O3S/c1-12(2)11-20-14-6-3-5-13(9-14)10-15(17(18)19)16-7-4-8-21-16/h3-10,12H,11H2,1-2H3,(H,18,19)/b15-10-. The van der Waals surface area contributed by atoms with Gasteiger partial charge in [-0.3, -0.25) is 0 Å². The molecule has 110 valence electrons. The van der Waals surface area contributed by atoms with Gasteiger partial charge in [-0.25, -0.2) is 4.79 Å². The Kier molecular flexibility index (Phi) is 5.17. The van der Waals surface area contributed by atoms with E-state index in [2.05, 4.69) is 13.8 Å². The van der Waals surface area contributed by atoms with Crippen molar-refractivity contribution in [2.24, 2.45) is 5.92 Å². The van der Waals surface area contributed by atoms with Gasteiger partial charge in [0.15, 0.2) is 0 Å². The minimum Gasteiger partial charge on any atom is -0.493 e. The van der Waals surface area contributed by atoms with Gasteiger partial charge >= 0.3 is 5.97 Å². The minimum absolute atomic E-state index is 0.297. The predicted molar refractivity (Wildman–Crippen MR) is 86.6 cm³/mol. The van der Waals surface area contributed by atoms with E-state index in [1.54, 1.807) is 6.08 Å². The van der Waals surface area contributed by atoms with E-state index < -0.39 is 5.97 Å². The zero-order valence-electron chi connectivity index (χ0n) is 12.1. The van der Waals surface area contributed by atoms with Gasteiger partial charge in [0, 0.05) is 4.88 Å². The number of thiophene rings is 1.